The Balaban J connectivity index is 1.84. The minimum absolute atomic E-state index is 0.264. The molecule has 5 heteroatoms. The van der Waals surface area contributed by atoms with Crippen molar-refractivity contribution in [3.63, 3.8) is 0 Å². The van der Waals surface area contributed by atoms with Crippen LogP contribution in [0.4, 0.5) is 0 Å². The average molecular weight is 327 g/mol. The number of hydrogen-bond acceptors (Lipinski definition) is 3. The molecule has 0 aliphatic carbocycles. The van der Waals surface area contributed by atoms with E-state index in [0.29, 0.717) is 12.0 Å². The Morgan fingerprint density at radius 2 is 1.75 bits per heavy atom. The number of rotatable bonds is 8. The summed E-state index contributed by atoms with van der Waals surface area (Å²) in [6.45, 7) is 0. The van der Waals surface area contributed by atoms with Gasteiger partial charge in [0.25, 0.3) is 0 Å². The minimum atomic E-state index is -1.07. The van der Waals surface area contributed by atoms with Gasteiger partial charge in [0, 0.05) is 6.42 Å². The number of carboxylic acid groups (broad SMARTS) is 1. The van der Waals surface area contributed by atoms with Gasteiger partial charge < -0.3 is 15.2 Å². The number of amides is 1. The van der Waals surface area contributed by atoms with E-state index in [0.717, 1.165) is 17.7 Å². The molecule has 2 rings (SSSR count). The standard InChI is InChI=1S/C19H21NO4/c1-24-16-12-10-14(11-13-16)6-5-9-17(21)20-18(19(22)23)15-7-3-2-4-8-15/h2-4,7-8,10-13,18H,5-6,9H2,1H3,(H,20,21)(H,22,23)/t18-/m1/s1. The molecule has 24 heavy (non-hydrogen) atoms. The zero-order valence-electron chi connectivity index (χ0n) is 13.6. The molecule has 0 radical (unpaired) electrons. The maximum absolute atomic E-state index is 12.0. The zero-order chi connectivity index (χ0) is 17.4. The fourth-order valence-electron chi connectivity index (χ4n) is 2.41. The summed E-state index contributed by atoms with van der Waals surface area (Å²) >= 11 is 0. The molecule has 2 aromatic carbocycles. The van der Waals surface area contributed by atoms with Crippen molar-refractivity contribution in [1.29, 1.82) is 0 Å². The van der Waals surface area contributed by atoms with Gasteiger partial charge in [0.15, 0.2) is 6.04 Å². The van der Waals surface area contributed by atoms with Gasteiger partial charge in [-0.2, -0.15) is 0 Å². The van der Waals surface area contributed by atoms with E-state index in [-0.39, 0.29) is 12.3 Å². The normalized spacial score (nSPS) is 11.5. The maximum atomic E-state index is 12.0. The summed E-state index contributed by atoms with van der Waals surface area (Å²) in [6.07, 6.45) is 1.68. The van der Waals surface area contributed by atoms with Crippen molar-refractivity contribution in [2.75, 3.05) is 7.11 Å². The number of carbonyl (C=O) groups is 2. The molecular formula is C19H21NO4. The molecule has 0 spiro atoms. The molecule has 0 bridgehead atoms. The van der Waals surface area contributed by atoms with E-state index in [4.69, 9.17) is 4.74 Å². The lowest BCUT2D eigenvalue weighted by Crippen LogP contribution is -2.33. The van der Waals surface area contributed by atoms with Crippen molar-refractivity contribution >= 4 is 11.9 Å². The third-order valence-corrected chi connectivity index (χ3v) is 3.71. The van der Waals surface area contributed by atoms with E-state index in [1.807, 2.05) is 24.3 Å². The van der Waals surface area contributed by atoms with Crippen LogP contribution in [0.3, 0.4) is 0 Å². The van der Waals surface area contributed by atoms with Crippen LogP contribution >= 0.6 is 0 Å². The highest BCUT2D eigenvalue weighted by Crippen LogP contribution is 2.15. The van der Waals surface area contributed by atoms with Crippen LogP contribution in [0.2, 0.25) is 0 Å². The first-order valence-electron chi connectivity index (χ1n) is 7.80. The molecule has 5 nitrogen and oxygen atoms in total. The highest BCUT2D eigenvalue weighted by atomic mass is 16.5. The maximum Gasteiger partial charge on any atom is 0.330 e. The molecule has 0 saturated carbocycles. The molecule has 0 fully saturated rings. The first kappa shape index (κ1) is 17.5. The van der Waals surface area contributed by atoms with Crippen molar-refractivity contribution in [2.24, 2.45) is 0 Å². The number of ether oxygens (including phenoxy) is 1. The van der Waals surface area contributed by atoms with E-state index in [1.165, 1.54) is 0 Å². The Kier molecular flexibility index (Phi) is 6.37. The summed E-state index contributed by atoms with van der Waals surface area (Å²) in [6, 6.07) is 15.4. The lowest BCUT2D eigenvalue weighted by molar-refractivity contribution is -0.142. The molecule has 0 aromatic heterocycles. The molecular weight excluding hydrogens is 306 g/mol. The number of hydrogen-bond donors (Lipinski definition) is 2. The molecule has 0 unspecified atom stereocenters. The smallest absolute Gasteiger partial charge is 0.330 e. The van der Waals surface area contributed by atoms with Crippen molar-refractivity contribution in [3.05, 3.63) is 65.7 Å². The van der Waals surface area contributed by atoms with E-state index < -0.39 is 12.0 Å². The third-order valence-electron chi connectivity index (χ3n) is 3.71. The molecule has 2 aromatic rings. The lowest BCUT2D eigenvalue weighted by atomic mass is 10.1. The fourth-order valence-corrected chi connectivity index (χ4v) is 2.41. The topological polar surface area (TPSA) is 75.6 Å². The monoisotopic (exact) mass is 327 g/mol. The molecule has 0 saturated heterocycles. The Bertz CT molecular complexity index is 668. The van der Waals surface area contributed by atoms with Gasteiger partial charge in [-0.15, -0.1) is 0 Å². The van der Waals surface area contributed by atoms with E-state index in [9.17, 15) is 14.7 Å². The van der Waals surface area contributed by atoms with Gasteiger partial charge in [-0.05, 0) is 36.1 Å². The van der Waals surface area contributed by atoms with Crippen LogP contribution in [0.15, 0.2) is 54.6 Å². The van der Waals surface area contributed by atoms with Gasteiger partial charge in [-0.1, -0.05) is 42.5 Å². The van der Waals surface area contributed by atoms with Crippen LogP contribution in [-0.4, -0.2) is 24.1 Å². The largest absolute Gasteiger partial charge is 0.497 e. The van der Waals surface area contributed by atoms with Crippen LogP contribution in [0.5, 0.6) is 5.75 Å². The summed E-state index contributed by atoms with van der Waals surface area (Å²) < 4.78 is 5.10. The second-order valence-electron chi connectivity index (χ2n) is 5.45. The number of aliphatic carboxylic acids is 1. The first-order valence-corrected chi connectivity index (χ1v) is 7.80. The van der Waals surface area contributed by atoms with Gasteiger partial charge >= 0.3 is 5.97 Å². The van der Waals surface area contributed by atoms with Gasteiger partial charge in [-0.3, -0.25) is 4.79 Å². The van der Waals surface area contributed by atoms with E-state index in [2.05, 4.69) is 5.32 Å². The number of methoxy groups -OCH3 is 1. The Hall–Kier alpha value is -2.82. The highest BCUT2D eigenvalue weighted by molar-refractivity contribution is 5.84. The second-order valence-corrected chi connectivity index (χ2v) is 5.45. The molecule has 0 aliphatic rings. The van der Waals surface area contributed by atoms with Crippen molar-refractivity contribution in [3.8, 4) is 5.75 Å². The van der Waals surface area contributed by atoms with E-state index >= 15 is 0 Å². The van der Waals surface area contributed by atoms with Gasteiger partial charge in [0.05, 0.1) is 7.11 Å². The number of benzene rings is 2. The van der Waals surface area contributed by atoms with Gasteiger partial charge in [0.1, 0.15) is 5.75 Å². The molecule has 1 amide bonds. The van der Waals surface area contributed by atoms with Crippen molar-refractivity contribution < 1.29 is 19.4 Å². The third kappa shape index (κ3) is 5.12. The van der Waals surface area contributed by atoms with Crippen LogP contribution < -0.4 is 10.1 Å². The second kappa shape index (κ2) is 8.72. The van der Waals surface area contributed by atoms with Gasteiger partial charge in [0.2, 0.25) is 5.91 Å². The van der Waals surface area contributed by atoms with E-state index in [1.54, 1.807) is 37.4 Å². The quantitative estimate of drug-likeness (QED) is 0.781. The van der Waals surface area contributed by atoms with Crippen LogP contribution in [0.25, 0.3) is 0 Å². The predicted octanol–water partition coefficient (Wildman–Crippen LogP) is 2.96. The highest BCUT2D eigenvalue weighted by Gasteiger charge is 2.21. The Morgan fingerprint density at radius 3 is 2.33 bits per heavy atom. The molecule has 126 valence electrons. The zero-order valence-corrected chi connectivity index (χ0v) is 13.6. The summed E-state index contributed by atoms with van der Waals surface area (Å²) in [5.74, 6) is -0.534. The number of aryl methyl sites for hydroxylation is 1. The summed E-state index contributed by atoms with van der Waals surface area (Å²) in [7, 11) is 1.62. The minimum Gasteiger partial charge on any atom is -0.497 e. The molecule has 1 atom stereocenters. The fraction of sp³-hybridized carbons (Fsp3) is 0.263. The summed E-state index contributed by atoms with van der Waals surface area (Å²) in [5.41, 5.74) is 1.68. The van der Waals surface area contributed by atoms with Crippen LogP contribution in [0.1, 0.15) is 30.0 Å². The van der Waals surface area contributed by atoms with Crippen molar-refractivity contribution in [2.45, 2.75) is 25.3 Å². The molecule has 0 heterocycles. The lowest BCUT2D eigenvalue weighted by Gasteiger charge is -2.14. The summed E-state index contributed by atoms with van der Waals surface area (Å²) in [4.78, 5) is 23.4. The van der Waals surface area contributed by atoms with Crippen LogP contribution in [0, 0.1) is 0 Å². The predicted molar refractivity (Wildman–Crippen MR) is 90.9 cm³/mol. The molecule has 0 aliphatic heterocycles. The van der Waals surface area contributed by atoms with Crippen LogP contribution in [-0.2, 0) is 16.0 Å². The molecule has 2 N–H and O–H groups in total. The first-order chi connectivity index (χ1) is 11.6. The number of carboxylic acids is 1. The summed E-state index contributed by atoms with van der Waals surface area (Å²) in [5, 5.41) is 11.9. The SMILES string of the molecule is COc1ccc(CCCC(=O)N[C@@H](C(=O)O)c2ccccc2)cc1. The number of carbonyl (C=O) groups excluding carboxylic acids is 1. The Morgan fingerprint density at radius 1 is 1.08 bits per heavy atom. The number of nitrogens with one attached hydrogen (secondary N) is 1. The van der Waals surface area contributed by atoms with Crippen molar-refractivity contribution in [1.82, 2.24) is 5.32 Å². The Labute approximate surface area is 141 Å². The average Bonchev–Trinajstić information content (AvgIpc) is 2.61. The van der Waals surface area contributed by atoms with Gasteiger partial charge in [-0.25, -0.2) is 4.79 Å².